The Kier molecular flexibility index (Phi) is 2.27. The molecule has 0 radical (unpaired) electrons. The SMILES string of the molecule is CC1(CCl)C=CNC(Cl)=C1. The third-order valence-electron chi connectivity index (χ3n) is 1.43. The van der Waals surface area contributed by atoms with Crippen LogP contribution in [-0.2, 0) is 0 Å². The number of hydrogen-bond acceptors (Lipinski definition) is 1. The summed E-state index contributed by atoms with van der Waals surface area (Å²) in [4.78, 5) is 0. The highest BCUT2D eigenvalue weighted by Gasteiger charge is 2.19. The normalized spacial score (nSPS) is 31.3. The maximum absolute atomic E-state index is 5.72. The molecule has 0 bridgehead atoms. The van der Waals surface area contributed by atoms with Crippen LogP contribution in [0.25, 0.3) is 0 Å². The first-order chi connectivity index (χ1) is 4.66. The monoisotopic (exact) mass is 177 g/mol. The lowest BCUT2D eigenvalue weighted by Gasteiger charge is -2.22. The number of alkyl halides is 1. The van der Waals surface area contributed by atoms with E-state index in [4.69, 9.17) is 23.2 Å². The quantitative estimate of drug-likeness (QED) is 0.480. The predicted octanol–water partition coefficient (Wildman–Crippen LogP) is 2.43. The lowest BCUT2D eigenvalue weighted by atomic mass is 9.92. The van der Waals surface area contributed by atoms with Crippen LogP contribution < -0.4 is 5.32 Å². The van der Waals surface area contributed by atoms with Gasteiger partial charge >= 0.3 is 0 Å². The van der Waals surface area contributed by atoms with Crippen molar-refractivity contribution in [1.29, 1.82) is 0 Å². The van der Waals surface area contributed by atoms with E-state index < -0.39 is 0 Å². The zero-order valence-corrected chi connectivity index (χ0v) is 7.21. The highest BCUT2D eigenvalue weighted by Crippen LogP contribution is 2.26. The van der Waals surface area contributed by atoms with E-state index in [1.165, 1.54) is 0 Å². The maximum atomic E-state index is 5.72. The first kappa shape index (κ1) is 7.96. The molecule has 0 saturated carbocycles. The molecule has 1 nitrogen and oxygen atoms in total. The molecular weight excluding hydrogens is 169 g/mol. The molecule has 1 aliphatic heterocycles. The molecule has 1 atom stereocenters. The average molecular weight is 178 g/mol. The first-order valence-corrected chi connectivity index (χ1v) is 3.96. The minimum atomic E-state index is -0.0795. The molecule has 0 saturated heterocycles. The topological polar surface area (TPSA) is 12.0 Å². The van der Waals surface area contributed by atoms with Gasteiger partial charge in [-0.15, -0.1) is 11.6 Å². The van der Waals surface area contributed by atoms with Gasteiger partial charge in [0.2, 0.25) is 0 Å². The number of allylic oxidation sites excluding steroid dienone is 2. The number of halogens is 2. The second kappa shape index (κ2) is 2.85. The van der Waals surface area contributed by atoms with Gasteiger partial charge in [-0.3, -0.25) is 0 Å². The van der Waals surface area contributed by atoms with Gasteiger partial charge in [0, 0.05) is 11.3 Å². The smallest absolute Gasteiger partial charge is 0.103 e. The lowest BCUT2D eigenvalue weighted by Crippen LogP contribution is -2.19. The number of nitrogens with one attached hydrogen (secondary N) is 1. The van der Waals surface area contributed by atoms with E-state index in [2.05, 4.69) is 5.32 Å². The zero-order chi connectivity index (χ0) is 7.61. The Morgan fingerprint density at radius 3 is 2.80 bits per heavy atom. The van der Waals surface area contributed by atoms with Crippen LogP contribution in [0.4, 0.5) is 0 Å². The summed E-state index contributed by atoms with van der Waals surface area (Å²) >= 11 is 11.4. The van der Waals surface area contributed by atoms with Crippen molar-refractivity contribution in [3.05, 3.63) is 23.5 Å². The minimum Gasteiger partial charge on any atom is -0.353 e. The molecule has 1 rings (SSSR count). The summed E-state index contributed by atoms with van der Waals surface area (Å²) in [5.41, 5.74) is -0.0795. The van der Waals surface area contributed by atoms with Crippen molar-refractivity contribution in [3.8, 4) is 0 Å². The molecule has 1 heterocycles. The van der Waals surface area contributed by atoms with Crippen LogP contribution in [0.3, 0.4) is 0 Å². The average Bonchev–Trinajstić information content (AvgIpc) is 1.88. The Hall–Kier alpha value is -0.140. The molecular formula is C7H9Cl2N. The van der Waals surface area contributed by atoms with Gasteiger partial charge in [0.1, 0.15) is 5.16 Å². The van der Waals surface area contributed by atoms with Gasteiger partial charge < -0.3 is 5.32 Å². The molecule has 0 aromatic rings. The van der Waals surface area contributed by atoms with Gasteiger partial charge in [0.25, 0.3) is 0 Å². The predicted molar refractivity (Wildman–Crippen MR) is 45.0 cm³/mol. The fraction of sp³-hybridized carbons (Fsp3) is 0.429. The Labute approximate surface area is 70.7 Å². The molecule has 0 aromatic carbocycles. The van der Waals surface area contributed by atoms with E-state index in [1.807, 2.05) is 25.3 Å². The molecule has 1 aliphatic rings. The van der Waals surface area contributed by atoms with Crippen molar-refractivity contribution in [2.75, 3.05) is 5.88 Å². The van der Waals surface area contributed by atoms with Gasteiger partial charge in [-0.25, -0.2) is 0 Å². The van der Waals surface area contributed by atoms with Crippen LogP contribution in [0.5, 0.6) is 0 Å². The third-order valence-corrected chi connectivity index (χ3v) is 2.22. The van der Waals surface area contributed by atoms with Gasteiger partial charge in [-0.2, -0.15) is 0 Å². The summed E-state index contributed by atoms with van der Waals surface area (Å²) in [7, 11) is 0. The summed E-state index contributed by atoms with van der Waals surface area (Å²) in [6, 6.07) is 0. The van der Waals surface area contributed by atoms with Crippen LogP contribution in [0, 0.1) is 5.41 Å². The molecule has 3 heteroatoms. The molecule has 0 spiro atoms. The first-order valence-electron chi connectivity index (χ1n) is 3.05. The van der Waals surface area contributed by atoms with Gasteiger partial charge in [0.15, 0.2) is 0 Å². The molecule has 10 heavy (non-hydrogen) atoms. The lowest BCUT2D eigenvalue weighted by molar-refractivity contribution is 0.614. The molecule has 0 fully saturated rings. The van der Waals surface area contributed by atoms with Crippen molar-refractivity contribution in [2.45, 2.75) is 6.92 Å². The van der Waals surface area contributed by atoms with Gasteiger partial charge in [-0.1, -0.05) is 24.6 Å². The summed E-state index contributed by atoms with van der Waals surface area (Å²) in [6.45, 7) is 2.03. The Morgan fingerprint density at radius 1 is 1.70 bits per heavy atom. The van der Waals surface area contributed by atoms with Crippen LogP contribution in [-0.4, -0.2) is 5.88 Å². The Balaban J connectivity index is 2.78. The summed E-state index contributed by atoms with van der Waals surface area (Å²) in [5.74, 6) is 0.557. The third kappa shape index (κ3) is 1.68. The summed E-state index contributed by atoms with van der Waals surface area (Å²) in [5, 5.41) is 3.50. The number of dihydropyridines is 1. The Morgan fingerprint density at radius 2 is 2.40 bits per heavy atom. The highest BCUT2D eigenvalue weighted by atomic mass is 35.5. The van der Waals surface area contributed by atoms with E-state index >= 15 is 0 Å². The van der Waals surface area contributed by atoms with E-state index in [1.54, 1.807) is 0 Å². The van der Waals surface area contributed by atoms with Crippen LogP contribution in [0.2, 0.25) is 0 Å². The van der Waals surface area contributed by atoms with E-state index in [0.717, 1.165) is 0 Å². The standard InChI is InChI=1S/C7H9Cl2N/c1-7(5-8)2-3-10-6(9)4-7/h2-4,10H,5H2,1H3. The Bertz CT molecular complexity index is 186. The molecule has 0 aromatic heterocycles. The molecule has 1 N–H and O–H groups in total. The second-order valence-corrected chi connectivity index (χ2v) is 3.28. The largest absolute Gasteiger partial charge is 0.353 e. The van der Waals surface area contributed by atoms with Crippen molar-refractivity contribution in [1.82, 2.24) is 5.32 Å². The van der Waals surface area contributed by atoms with Crippen molar-refractivity contribution in [2.24, 2.45) is 5.41 Å². The maximum Gasteiger partial charge on any atom is 0.103 e. The van der Waals surface area contributed by atoms with Crippen LogP contribution in [0.1, 0.15) is 6.92 Å². The molecule has 0 aliphatic carbocycles. The second-order valence-electron chi connectivity index (χ2n) is 2.61. The number of rotatable bonds is 1. The van der Waals surface area contributed by atoms with Gasteiger partial charge in [-0.05, 0) is 12.3 Å². The fourth-order valence-corrected chi connectivity index (χ4v) is 1.25. The van der Waals surface area contributed by atoms with Crippen LogP contribution >= 0.6 is 23.2 Å². The van der Waals surface area contributed by atoms with Crippen molar-refractivity contribution in [3.63, 3.8) is 0 Å². The summed E-state index contributed by atoms with van der Waals surface area (Å²) in [6.07, 6.45) is 5.71. The van der Waals surface area contributed by atoms with Crippen LogP contribution in [0.15, 0.2) is 23.5 Å². The van der Waals surface area contributed by atoms with E-state index in [0.29, 0.717) is 11.0 Å². The van der Waals surface area contributed by atoms with Gasteiger partial charge in [0.05, 0.1) is 0 Å². The number of hydrogen-bond donors (Lipinski definition) is 1. The molecule has 0 amide bonds. The minimum absolute atomic E-state index is 0.0795. The fourth-order valence-electron chi connectivity index (χ4n) is 0.774. The molecule has 1 unspecified atom stereocenters. The summed E-state index contributed by atoms with van der Waals surface area (Å²) < 4.78 is 0. The molecule has 56 valence electrons. The van der Waals surface area contributed by atoms with E-state index in [-0.39, 0.29) is 5.41 Å². The zero-order valence-electron chi connectivity index (χ0n) is 5.70. The highest BCUT2D eigenvalue weighted by molar-refractivity contribution is 6.29. The van der Waals surface area contributed by atoms with E-state index in [9.17, 15) is 0 Å². The van der Waals surface area contributed by atoms with Crippen molar-refractivity contribution >= 4 is 23.2 Å². The van der Waals surface area contributed by atoms with Crippen molar-refractivity contribution < 1.29 is 0 Å².